The zero-order valence-electron chi connectivity index (χ0n) is 8.67. The Morgan fingerprint density at radius 2 is 2.06 bits per heavy atom. The molecule has 0 aliphatic heterocycles. The van der Waals surface area contributed by atoms with Crippen molar-refractivity contribution in [3.8, 4) is 5.75 Å². The number of nitrogens with two attached hydrogens (primary N) is 1. The Hall–Kier alpha value is -1.77. The molecule has 0 saturated carbocycles. The third-order valence-electron chi connectivity index (χ3n) is 1.94. The van der Waals surface area contributed by atoms with E-state index < -0.39 is 41.9 Å². The summed E-state index contributed by atoms with van der Waals surface area (Å²) in [4.78, 5) is 14.0. The molecule has 2 N–H and O–H groups in total. The van der Waals surface area contributed by atoms with E-state index in [1.165, 1.54) is 0 Å². The minimum absolute atomic E-state index is 0.149. The van der Waals surface area contributed by atoms with Gasteiger partial charge in [-0.25, -0.2) is 8.78 Å². The molecule has 0 saturated heterocycles. The lowest BCUT2D eigenvalue weighted by atomic mass is 10.1. The number of carbonyl (C=O) groups is 1. The van der Waals surface area contributed by atoms with Gasteiger partial charge in [0, 0.05) is 12.7 Å². The van der Waals surface area contributed by atoms with Gasteiger partial charge in [-0.1, -0.05) is 0 Å². The first-order chi connectivity index (χ1) is 8.30. The van der Waals surface area contributed by atoms with E-state index in [0.29, 0.717) is 6.20 Å². The normalized spacial score (nSPS) is 11.7. The highest BCUT2D eigenvalue weighted by molar-refractivity contribution is 5.82. The molecule has 0 radical (unpaired) electrons. The van der Waals surface area contributed by atoms with Gasteiger partial charge in [-0.05, 0) is 0 Å². The molecule has 0 fully saturated rings. The summed E-state index contributed by atoms with van der Waals surface area (Å²) in [7, 11) is 0. The van der Waals surface area contributed by atoms with Crippen LogP contribution in [0.1, 0.15) is 28.0 Å². The van der Waals surface area contributed by atoms with E-state index in [2.05, 4.69) is 9.72 Å². The lowest BCUT2D eigenvalue weighted by Crippen LogP contribution is -2.21. The fraction of sp³-hybridized carbons (Fsp3) is 0.333. The molecule has 0 unspecified atom stereocenters. The van der Waals surface area contributed by atoms with Crippen LogP contribution in [-0.4, -0.2) is 17.6 Å². The maximum atomic E-state index is 12.5. The number of nitrogens with zero attached hydrogens (tertiary/aromatic N) is 1. The monoisotopic (exact) mass is 270 g/mol. The standard InChI is InChI=1S/C9H7F5N2O2/c10-8(11)4-2-16-6(1-15)7(5(4)3-17)18-9(12,13)14/h2-3,8H,1,15H2. The van der Waals surface area contributed by atoms with Gasteiger partial charge in [-0.15, -0.1) is 13.2 Å². The molecule has 9 heteroatoms. The van der Waals surface area contributed by atoms with Crippen molar-refractivity contribution in [3.05, 3.63) is 23.0 Å². The van der Waals surface area contributed by atoms with Crippen LogP contribution in [0.4, 0.5) is 22.0 Å². The van der Waals surface area contributed by atoms with E-state index in [4.69, 9.17) is 5.73 Å². The number of ether oxygens (including phenoxy) is 1. The van der Waals surface area contributed by atoms with E-state index in [-0.39, 0.29) is 6.29 Å². The van der Waals surface area contributed by atoms with E-state index in [0.717, 1.165) is 0 Å². The van der Waals surface area contributed by atoms with Crippen LogP contribution >= 0.6 is 0 Å². The Bertz CT molecular complexity index is 447. The Morgan fingerprint density at radius 1 is 1.44 bits per heavy atom. The maximum Gasteiger partial charge on any atom is 0.573 e. The summed E-state index contributed by atoms with van der Waals surface area (Å²) in [5.41, 5.74) is 2.83. The quantitative estimate of drug-likeness (QED) is 0.672. The van der Waals surface area contributed by atoms with E-state index in [9.17, 15) is 26.7 Å². The van der Waals surface area contributed by atoms with Gasteiger partial charge >= 0.3 is 6.36 Å². The number of aldehydes is 1. The van der Waals surface area contributed by atoms with Crippen molar-refractivity contribution in [2.75, 3.05) is 0 Å². The minimum atomic E-state index is -5.13. The van der Waals surface area contributed by atoms with Crippen LogP contribution in [0.15, 0.2) is 6.20 Å². The molecule has 100 valence electrons. The highest BCUT2D eigenvalue weighted by atomic mass is 19.4. The minimum Gasteiger partial charge on any atom is -0.403 e. The maximum absolute atomic E-state index is 12.5. The summed E-state index contributed by atoms with van der Waals surface area (Å²) in [6, 6.07) is 0. The molecule has 0 aliphatic carbocycles. The lowest BCUT2D eigenvalue weighted by molar-refractivity contribution is -0.275. The number of aromatic nitrogens is 1. The molecule has 0 amide bonds. The van der Waals surface area contributed by atoms with Crippen molar-refractivity contribution >= 4 is 6.29 Å². The van der Waals surface area contributed by atoms with Crippen LogP contribution in [0, 0.1) is 0 Å². The average Bonchev–Trinajstić information content (AvgIpc) is 2.26. The molecule has 0 spiro atoms. The largest absolute Gasteiger partial charge is 0.573 e. The third-order valence-corrected chi connectivity index (χ3v) is 1.94. The highest BCUT2D eigenvalue weighted by Gasteiger charge is 2.34. The van der Waals surface area contributed by atoms with Crippen LogP contribution in [0.2, 0.25) is 0 Å². The molecule has 4 nitrogen and oxygen atoms in total. The molecule has 0 aromatic carbocycles. The molecular formula is C9H7F5N2O2. The Kier molecular flexibility index (Phi) is 4.17. The summed E-state index contributed by atoms with van der Waals surface area (Å²) < 4.78 is 64.9. The molecule has 1 aromatic rings. The highest BCUT2D eigenvalue weighted by Crippen LogP contribution is 2.33. The Labute approximate surface area is 97.6 Å². The van der Waals surface area contributed by atoms with Gasteiger partial charge in [0.2, 0.25) is 0 Å². The third kappa shape index (κ3) is 3.13. The fourth-order valence-corrected chi connectivity index (χ4v) is 1.23. The first-order valence-electron chi connectivity index (χ1n) is 4.51. The van der Waals surface area contributed by atoms with Crippen LogP contribution in [0.25, 0.3) is 0 Å². The summed E-state index contributed by atoms with van der Waals surface area (Å²) in [6.07, 6.45) is -7.84. The number of carbonyl (C=O) groups excluding carboxylic acids is 1. The van der Waals surface area contributed by atoms with Crippen LogP contribution in [0.5, 0.6) is 5.75 Å². The van der Waals surface area contributed by atoms with Crippen molar-refractivity contribution in [2.24, 2.45) is 5.73 Å². The molecule has 1 rings (SSSR count). The van der Waals surface area contributed by atoms with Crippen LogP contribution < -0.4 is 10.5 Å². The molecule has 0 bridgehead atoms. The van der Waals surface area contributed by atoms with Crippen molar-refractivity contribution < 1.29 is 31.5 Å². The topological polar surface area (TPSA) is 65.2 Å². The summed E-state index contributed by atoms with van der Waals surface area (Å²) in [5, 5.41) is 0. The first-order valence-corrected chi connectivity index (χ1v) is 4.51. The molecule has 0 aliphatic rings. The SMILES string of the molecule is NCc1ncc(C(F)F)c(C=O)c1OC(F)(F)F. The van der Waals surface area contributed by atoms with Gasteiger partial charge in [0.05, 0.1) is 16.8 Å². The van der Waals surface area contributed by atoms with Crippen molar-refractivity contribution in [3.63, 3.8) is 0 Å². The van der Waals surface area contributed by atoms with Crippen LogP contribution in [0.3, 0.4) is 0 Å². The summed E-state index contributed by atoms with van der Waals surface area (Å²) >= 11 is 0. The summed E-state index contributed by atoms with van der Waals surface area (Å²) in [5.74, 6) is -1.09. The van der Waals surface area contributed by atoms with Gasteiger partial charge < -0.3 is 10.5 Å². The van der Waals surface area contributed by atoms with Gasteiger partial charge in [-0.3, -0.25) is 9.78 Å². The average molecular weight is 270 g/mol. The predicted molar refractivity (Wildman–Crippen MR) is 49.2 cm³/mol. The van der Waals surface area contributed by atoms with E-state index >= 15 is 0 Å². The zero-order chi connectivity index (χ0) is 13.9. The van der Waals surface area contributed by atoms with Gasteiger partial charge in [0.25, 0.3) is 6.43 Å². The van der Waals surface area contributed by atoms with Crippen molar-refractivity contribution in [1.29, 1.82) is 0 Å². The van der Waals surface area contributed by atoms with E-state index in [1.54, 1.807) is 0 Å². The number of hydrogen-bond donors (Lipinski definition) is 1. The number of pyridine rings is 1. The van der Waals surface area contributed by atoms with Gasteiger partial charge in [-0.2, -0.15) is 0 Å². The Balaban J connectivity index is 3.42. The second-order valence-corrected chi connectivity index (χ2v) is 3.07. The Morgan fingerprint density at radius 3 is 2.44 bits per heavy atom. The number of halogens is 5. The van der Waals surface area contributed by atoms with Crippen LogP contribution in [-0.2, 0) is 6.54 Å². The van der Waals surface area contributed by atoms with Crippen molar-refractivity contribution in [2.45, 2.75) is 19.3 Å². The molecule has 1 heterocycles. The fourth-order valence-electron chi connectivity index (χ4n) is 1.23. The number of hydrogen-bond acceptors (Lipinski definition) is 4. The second-order valence-electron chi connectivity index (χ2n) is 3.07. The molecule has 0 atom stereocenters. The zero-order valence-corrected chi connectivity index (χ0v) is 8.67. The number of rotatable bonds is 4. The predicted octanol–water partition coefficient (Wildman–Crippen LogP) is 2.19. The van der Waals surface area contributed by atoms with E-state index in [1.807, 2.05) is 0 Å². The first kappa shape index (κ1) is 14.3. The summed E-state index contributed by atoms with van der Waals surface area (Å²) in [6.45, 7) is -0.490. The second kappa shape index (κ2) is 5.25. The van der Waals surface area contributed by atoms with Crippen molar-refractivity contribution in [1.82, 2.24) is 4.98 Å². The molecule has 18 heavy (non-hydrogen) atoms. The van der Waals surface area contributed by atoms with Gasteiger partial charge in [0.1, 0.15) is 0 Å². The lowest BCUT2D eigenvalue weighted by Gasteiger charge is -2.15. The smallest absolute Gasteiger partial charge is 0.403 e. The molecular weight excluding hydrogens is 263 g/mol. The number of alkyl halides is 5. The van der Waals surface area contributed by atoms with Gasteiger partial charge in [0.15, 0.2) is 12.0 Å². The molecule has 1 aromatic heterocycles.